The summed E-state index contributed by atoms with van der Waals surface area (Å²) >= 11 is 1.09. The van der Waals surface area contributed by atoms with Gasteiger partial charge in [0.05, 0.1) is 5.92 Å². The average Bonchev–Trinajstić information content (AvgIpc) is 2.91. The SMILES string of the molecule is CC(NC(=O)CCNS(=O)(=O)c1cccs1)C(C)C(=O)O. The molecule has 3 N–H and O–H groups in total. The number of amides is 1. The molecular formula is C12H18N2O5S2. The van der Waals surface area contributed by atoms with Crippen molar-refractivity contribution in [1.29, 1.82) is 0 Å². The van der Waals surface area contributed by atoms with Crippen molar-refractivity contribution in [3.8, 4) is 0 Å². The molecule has 1 rings (SSSR count). The van der Waals surface area contributed by atoms with Gasteiger partial charge in [-0.1, -0.05) is 6.07 Å². The number of carboxylic acids is 1. The summed E-state index contributed by atoms with van der Waals surface area (Å²) in [7, 11) is -3.58. The number of hydrogen-bond donors (Lipinski definition) is 3. The second-order valence-corrected chi connectivity index (χ2v) is 7.50. The monoisotopic (exact) mass is 334 g/mol. The Hall–Kier alpha value is -1.45. The number of carboxylic acid groups (broad SMARTS) is 1. The summed E-state index contributed by atoms with van der Waals surface area (Å²) in [5.41, 5.74) is 0. The van der Waals surface area contributed by atoms with Gasteiger partial charge in [0.15, 0.2) is 0 Å². The fourth-order valence-electron chi connectivity index (χ4n) is 1.45. The van der Waals surface area contributed by atoms with E-state index in [9.17, 15) is 18.0 Å². The smallest absolute Gasteiger partial charge is 0.308 e. The van der Waals surface area contributed by atoms with Crippen molar-refractivity contribution in [3.63, 3.8) is 0 Å². The van der Waals surface area contributed by atoms with E-state index in [-0.39, 0.29) is 17.2 Å². The lowest BCUT2D eigenvalue weighted by atomic mass is 10.0. The van der Waals surface area contributed by atoms with Crippen molar-refractivity contribution in [2.24, 2.45) is 5.92 Å². The minimum Gasteiger partial charge on any atom is -0.481 e. The van der Waals surface area contributed by atoms with Gasteiger partial charge in [-0.05, 0) is 25.3 Å². The molecule has 1 aromatic rings. The zero-order valence-electron chi connectivity index (χ0n) is 11.7. The van der Waals surface area contributed by atoms with Crippen LogP contribution >= 0.6 is 11.3 Å². The fraction of sp³-hybridized carbons (Fsp3) is 0.500. The molecule has 0 spiro atoms. The van der Waals surface area contributed by atoms with Crippen molar-refractivity contribution in [3.05, 3.63) is 17.5 Å². The third-order valence-corrected chi connectivity index (χ3v) is 5.79. The first-order valence-electron chi connectivity index (χ1n) is 6.29. The number of rotatable bonds is 8. The number of carbonyl (C=O) groups is 2. The van der Waals surface area contributed by atoms with Gasteiger partial charge in [-0.3, -0.25) is 9.59 Å². The molecular weight excluding hydrogens is 316 g/mol. The molecule has 21 heavy (non-hydrogen) atoms. The van der Waals surface area contributed by atoms with Gasteiger partial charge in [0, 0.05) is 19.0 Å². The quantitative estimate of drug-likeness (QED) is 0.646. The molecule has 0 saturated carbocycles. The highest BCUT2D eigenvalue weighted by molar-refractivity contribution is 7.91. The van der Waals surface area contributed by atoms with E-state index in [1.54, 1.807) is 18.4 Å². The molecule has 118 valence electrons. The number of aliphatic carboxylic acids is 1. The second kappa shape index (κ2) is 7.53. The zero-order chi connectivity index (χ0) is 16.0. The maximum Gasteiger partial charge on any atom is 0.308 e. The summed E-state index contributed by atoms with van der Waals surface area (Å²) in [6, 6.07) is 2.58. The van der Waals surface area contributed by atoms with Crippen LogP contribution in [-0.4, -0.2) is 38.0 Å². The lowest BCUT2D eigenvalue weighted by Gasteiger charge is -2.17. The topological polar surface area (TPSA) is 113 Å². The van der Waals surface area contributed by atoms with Crippen molar-refractivity contribution in [2.75, 3.05) is 6.54 Å². The van der Waals surface area contributed by atoms with E-state index in [4.69, 9.17) is 5.11 Å². The van der Waals surface area contributed by atoms with Crippen molar-refractivity contribution in [1.82, 2.24) is 10.0 Å². The molecule has 2 atom stereocenters. The number of nitrogens with one attached hydrogen (secondary N) is 2. The summed E-state index contributed by atoms with van der Waals surface area (Å²) in [5.74, 6) is -2.11. The van der Waals surface area contributed by atoms with Gasteiger partial charge in [-0.2, -0.15) is 0 Å². The third kappa shape index (κ3) is 5.44. The van der Waals surface area contributed by atoms with Crippen LogP contribution in [0.4, 0.5) is 0 Å². The first kappa shape index (κ1) is 17.6. The van der Waals surface area contributed by atoms with Crippen LogP contribution in [0.3, 0.4) is 0 Å². The highest BCUT2D eigenvalue weighted by Gasteiger charge is 2.21. The molecule has 0 aliphatic carbocycles. The Kier molecular flexibility index (Phi) is 6.31. The zero-order valence-corrected chi connectivity index (χ0v) is 13.3. The predicted octanol–water partition coefficient (Wildman–Crippen LogP) is 0.642. The van der Waals surface area contributed by atoms with E-state index in [0.717, 1.165) is 11.3 Å². The Morgan fingerprint density at radius 2 is 2.05 bits per heavy atom. The molecule has 1 heterocycles. The van der Waals surface area contributed by atoms with Crippen LogP contribution in [0.1, 0.15) is 20.3 Å². The molecule has 0 aliphatic rings. The van der Waals surface area contributed by atoms with Gasteiger partial charge >= 0.3 is 5.97 Å². The Balaban J connectivity index is 2.39. The van der Waals surface area contributed by atoms with Gasteiger partial charge in [-0.15, -0.1) is 11.3 Å². The van der Waals surface area contributed by atoms with Crippen molar-refractivity contribution >= 4 is 33.2 Å². The molecule has 2 unspecified atom stereocenters. The number of thiophene rings is 1. The molecule has 1 amide bonds. The van der Waals surface area contributed by atoms with E-state index in [0.29, 0.717) is 0 Å². The molecule has 0 radical (unpaired) electrons. The predicted molar refractivity (Wildman–Crippen MR) is 78.5 cm³/mol. The third-order valence-electron chi connectivity index (χ3n) is 2.93. The summed E-state index contributed by atoms with van der Waals surface area (Å²) in [4.78, 5) is 22.4. The van der Waals surface area contributed by atoms with E-state index < -0.39 is 33.9 Å². The number of carbonyl (C=O) groups excluding carboxylic acids is 1. The first-order valence-corrected chi connectivity index (χ1v) is 8.65. The molecule has 1 aromatic heterocycles. The average molecular weight is 334 g/mol. The number of sulfonamides is 1. The van der Waals surface area contributed by atoms with Crippen LogP contribution in [0, 0.1) is 5.92 Å². The molecule has 7 nitrogen and oxygen atoms in total. The van der Waals surface area contributed by atoms with Gasteiger partial charge in [0.25, 0.3) is 0 Å². The molecule has 0 aromatic carbocycles. The van der Waals surface area contributed by atoms with E-state index >= 15 is 0 Å². The lowest BCUT2D eigenvalue weighted by Crippen LogP contribution is -2.41. The highest BCUT2D eigenvalue weighted by atomic mass is 32.2. The summed E-state index contributed by atoms with van der Waals surface area (Å²) in [6.45, 7) is 3.04. The Bertz CT molecular complexity index is 583. The minimum atomic E-state index is -3.58. The lowest BCUT2D eigenvalue weighted by molar-refractivity contribution is -0.142. The Morgan fingerprint density at radius 3 is 2.57 bits per heavy atom. The second-order valence-electron chi connectivity index (χ2n) is 4.56. The fourth-order valence-corrected chi connectivity index (χ4v) is 3.52. The highest BCUT2D eigenvalue weighted by Crippen LogP contribution is 2.14. The Morgan fingerprint density at radius 1 is 1.38 bits per heavy atom. The minimum absolute atomic E-state index is 0.0414. The Labute approximate surface area is 127 Å². The first-order chi connectivity index (χ1) is 9.74. The van der Waals surface area contributed by atoms with Crippen LogP contribution in [0.2, 0.25) is 0 Å². The number of hydrogen-bond acceptors (Lipinski definition) is 5. The van der Waals surface area contributed by atoms with Crippen molar-refractivity contribution in [2.45, 2.75) is 30.5 Å². The van der Waals surface area contributed by atoms with Crippen LogP contribution in [0.15, 0.2) is 21.7 Å². The van der Waals surface area contributed by atoms with Crippen LogP contribution in [-0.2, 0) is 19.6 Å². The largest absolute Gasteiger partial charge is 0.481 e. The van der Waals surface area contributed by atoms with Gasteiger partial charge < -0.3 is 10.4 Å². The van der Waals surface area contributed by atoms with E-state index in [2.05, 4.69) is 10.0 Å². The molecule has 0 bridgehead atoms. The summed E-state index contributed by atoms with van der Waals surface area (Å²) in [5, 5.41) is 13.0. The molecule has 0 aliphatic heterocycles. The van der Waals surface area contributed by atoms with Gasteiger partial charge in [0.2, 0.25) is 15.9 Å². The molecule has 0 saturated heterocycles. The molecule has 0 fully saturated rings. The normalized spacial score (nSPS) is 14.4. The van der Waals surface area contributed by atoms with E-state index in [1.165, 1.54) is 13.0 Å². The standard InChI is InChI=1S/C12H18N2O5S2/c1-8(12(16)17)9(2)14-10(15)5-6-13-21(18,19)11-4-3-7-20-11/h3-4,7-9,13H,5-6H2,1-2H3,(H,14,15)(H,16,17). The van der Waals surface area contributed by atoms with E-state index in [1.807, 2.05) is 0 Å². The van der Waals surface area contributed by atoms with Crippen LogP contribution < -0.4 is 10.0 Å². The van der Waals surface area contributed by atoms with Gasteiger partial charge in [0.1, 0.15) is 4.21 Å². The summed E-state index contributed by atoms with van der Waals surface area (Å²) < 4.78 is 26.1. The summed E-state index contributed by atoms with van der Waals surface area (Å²) in [6.07, 6.45) is -0.0543. The maximum absolute atomic E-state index is 11.8. The van der Waals surface area contributed by atoms with Crippen molar-refractivity contribution < 1.29 is 23.1 Å². The maximum atomic E-state index is 11.8. The van der Waals surface area contributed by atoms with Gasteiger partial charge in [-0.25, -0.2) is 13.1 Å². The van der Waals surface area contributed by atoms with Crippen LogP contribution in [0.5, 0.6) is 0 Å². The van der Waals surface area contributed by atoms with Crippen LogP contribution in [0.25, 0.3) is 0 Å². The molecule has 9 heteroatoms.